The molecule has 0 bridgehead atoms. The van der Waals surface area contributed by atoms with Crippen LogP contribution in [-0.4, -0.2) is 20.5 Å². The molecular weight excluding hydrogens is 232 g/mol. The Morgan fingerprint density at radius 1 is 1.33 bits per heavy atom. The van der Waals surface area contributed by atoms with E-state index in [1.165, 1.54) is 6.26 Å². The number of nitrogens with one attached hydrogen (secondary N) is 1. The Hall–Kier alpha value is -2.63. The SMILES string of the molecule is Cc1occc1C(=O)Nc1nnc2ccccn12. The fourth-order valence-corrected chi connectivity index (χ4v) is 1.72. The van der Waals surface area contributed by atoms with Crippen molar-refractivity contribution in [1.29, 1.82) is 0 Å². The zero-order chi connectivity index (χ0) is 12.5. The van der Waals surface area contributed by atoms with Gasteiger partial charge in [-0.25, -0.2) is 0 Å². The van der Waals surface area contributed by atoms with E-state index in [0.717, 1.165) is 0 Å². The molecule has 90 valence electrons. The van der Waals surface area contributed by atoms with Gasteiger partial charge in [0.2, 0.25) is 5.95 Å². The van der Waals surface area contributed by atoms with Gasteiger partial charge in [0.15, 0.2) is 5.65 Å². The molecule has 0 saturated carbocycles. The number of aryl methyl sites for hydroxylation is 1. The Morgan fingerprint density at radius 3 is 3.00 bits per heavy atom. The third-order valence-electron chi connectivity index (χ3n) is 2.64. The van der Waals surface area contributed by atoms with E-state index in [2.05, 4.69) is 15.5 Å². The molecule has 3 heterocycles. The normalized spacial score (nSPS) is 10.7. The summed E-state index contributed by atoms with van der Waals surface area (Å²) < 4.78 is 6.79. The highest BCUT2D eigenvalue weighted by atomic mass is 16.3. The predicted molar refractivity (Wildman–Crippen MR) is 64.4 cm³/mol. The standard InChI is InChI=1S/C12H10N4O2/c1-8-9(5-7-18-8)11(17)13-12-15-14-10-4-2-3-6-16(10)12/h2-7H,1H3,(H,13,15,17). The van der Waals surface area contributed by atoms with Crippen LogP contribution in [0, 0.1) is 6.92 Å². The molecule has 3 aromatic rings. The number of carbonyl (C=O) groups excluding carboxylic acids is 1. The van der Waals surface area contributed by atoms with Crippen LogP contribution < -0.4 is 5.32 Å². The van der Waals surface area contributed by atoms with Gasteiger partial charge in [0.25, 0.3) is 5.91 Å². The second-order valence-corrected chi connectivity index (χ2v) is 3.80. The van der Waals surface area contributed by atoms with Gasteiger partial charge in [0.05, 0.1) is 11.8 Å². The van der Waals surface area contributed by atoms with Crippen LogP contribution in [0.25, 0.3) is 5.65 Å². The summed E-state index contributed by atoms with van der Waals surface area (Å²) in [5, 5.41) is 10.6. The van der Waals surface area contributed by atoms with Crippen molar-refractivity contribution in [2.45, 2.75) is 6.92 Å². The minimum atomic E-state index is -0.264. The van der Waals surface area contributed by atoms with Gasteiger partial charge in [-0.05, 0) is 25.1 Å². The molecular formula is C12H10N4O2. The molecule has 0 aliphatic rings. The summed E-state index contributed by atoms with van der Waals surface area (Å²) >= 11 is 0. The maximum absolute atomic E-state index is 12.0. The number of carbonyl (C=O) groups is 1. The van der Waals surface area contributed by atoms with Gasteiger partial charge in [-0.3, -0.25) is 14.5 Å². The van der Waals surface area contributed by atoms with Crippen molar-refractivity contribution in [2.75, 3.05) is 5.32 Å². The fourth-order valence-electron chi connectivity index (χ4n) is 1.72. The number of anilines is 1. The number of fused-ring (bicyclic) bond motifs is 1. The van der Waals surface area contributed by atoms with Crippen molar-refractivity contribution in [3.8, 4) is 0 Å². The van der Waals surface area contributed by atoms with Crippen LogP contribution >= 0.6 is 0 Å². The summed E-state index contributed by atoms with van der Waals surface area (Å²) in [5.41, 5.74) is 1.17. The predicted octanol–water partition coefficient (Wildman–Crippen LogP) is 1.88. The number of pyridine rings is 1. The van der Waals surface area contributed by atoms with Crippen molar-refractivity contribution in [3.63, 3.8) is 0 Å². The Morgan fingerprint density at radius 2 is 2.22 bits per heavy atom. The van der Waals surface area contributed by atoms with Crippen molar-refractivity contribution < 1.29 is 9.21 Å². The molecule has 6 heteroatoms. The minimum Gasteiger partial charge on any atom is -0.469 e. The number of amides is 1. The highest BCUT2D eigenvalue weighted by Gasteiger charge is 2.14. The number of hydrogen-bond donors (Lipinski definition) is 1. The van der Waals surface area contributed by atoms with E-state index in [1.807, 2.05) is 18.2 Å². The summed E-state index contributed by atoms with van der Waals surface area (Å²) in [6.45, 7) is 1.73. The smallest absolute Gasteiger partial charge is 0.261 e. The molecule has 0 aromatic carbocycles. The largest absolute Gasteiger partial charge is 0.469 e. The summed E-state index contributed by atoms with van der Waals surface area (Å²) in [6, 6.07) is 7.13. The molecule has 3 rings (SSSR count). The zero-order valence-corrected chi connectivity index (χ0v) is 9.62. The molecule has 0 spiro atoms. The van der Waals surface area contributed by atoms with Gasteiger partial charge in [0.1, 0.15) is 5.76 Å². The van der Waals surface area contributed by atoms with Gasteiger partial charge in [-0.15, -0.1) is 10.2 Å². The summed E-state index contributed by atoms with van der Waals surface area (Å²) in [5.74, 6) is 0.692. The van der Waals surface area contributed by atoms with Crippen LogP contribution in [-0.2, 0) is 0 Å². The number of rotatable bonds is 2. The lowest BCUT2D eigenvalue weighted by atomic mass is 10.2. The molecule has 3 aromatic heterocycles. The monoisotopic (exact) mass is 242 g/mol. The molecule has 1 N–H and O–H groups in total. The average Bonchev–Trinajstić information content (AvgIpc) is 2.97. The number of hydrogen-bond acceptors (Lipinski definition) is 4. The lowest BCUT2D eigenvalue weighted by molar-refractivity contribution is 0.102. The summed E-state index contributed by atoms with van der Waals surface area (Å²) in [7, 11) is 0. The highest BCUT2D eigenvalue weighted by Crippen LogP contribution is 2.12. The Bertz CT molecular complexity index is 714. The Balaban J connectivity index is 1.93. The van der Waals surface area contributed by atoms with E-state index in [4.69, 9.17) is 4.42 Å². The van der Waals surface area contributed by atoms with Crippen LogP contribution in [0.5, 0.6) is 0 Å². The molecule has 1 amide bonds. The third kappa shape index (κ3) is 1.64. The molecule has 0 fully saturated rings. The quantitative estimate of drug-likeness (QED) is 0.744. The molecule has 0 radical (unpaired) electrons. The second kappa shape index (κ2) is 3.99. The van der Waals surface area contributed by atoms with Crippen LogP contribution in [0.4, 0.5) is 5.95 Å². The maximum atomic E-state index is 12.0. The molecule has 0 aliphatic carbocycles. The zero-order valence-electron chi connectivity index (χ0n) is 9.62. The van der Waals surface area contributed by atoms with Gasteiger partial charge >= 0.3 is 0 Å². The van der Waals surface area contributed by atoms with Gasteiger partial charge < -0.3 is 4.42 Å². The first-order valence-electron chi connectivity index (χ1n) is 5.41. The van der Waals surface area contributed by atoms with Crippen molar-refractivity contribution in [1.82, 2.24) is 14.6 Å². The first-order valence-corrected chi connectivity index (χ1v) is 5.41. The van der Waals surface area contributed by atoms with Gasteiger partial charge in [-0.1, -0.05) is 6.07 Å². The van der Waals surface area contributed by atoms with Crippen LogP contribution in [0.2, 0.25) is 0 Å². The van der Waals surface area contributed by atoms with Crippen molar-refractivity contribution >= 4 is 17.5 Å². The fraction of sp³-hybridized carbons (Fsp3) is 0.0833. The van der Waals surface area contributed by atoms with E-state index >= 15 is 0 Å². The summed E-state index contributed by atoms with van der Waals surface area (Å²) in [6.07, 6.45) is 3.26. The van der Waals surface area contributed by atoms with E-state index in [-0.39, 0.29) is 5.91 Å². The van der Waals surface area contributed by atoms with E-state index in [9.17, 15) is 4.79 Å². The van der Waals surface area contributed by atoms with E-state index < -0.39 is 0 Å². The molecule has 6 nitrogen and oxygen atoms in total. The van der Waals surface area contributed by atoms with E-state index in [0.29, 0.717) is 22.9 Å². The van der Waals surface area contributed by atoms with E-state index in [1.54, 1.807) is 23.6 Å². The molecule has 0 saturated heterocycles. The second-order valence-electron chi connectivity index (χ2n) is 3.80. The van der Waals surface area contributed by atoms with Gasteiger partial charge in [0, 0.05) is 6.20 Å². The molecule has 0 atom stereocenters. The molecule has 18 heavy (non-hydrogen) atoms. The minimum absolute atomic E-state index is 0.264. The highest BCUT2D eigenvalue weighted by molar-refractivity contribution is 6.04. The Labute approximate surface area is 102 Å². The summed E-state index contributed by atoms with van der Waals surface area (Å²) in [4.78, 5) is 12.0. The topological polar surface area (TPSA) is 72.4 Å². The Kier molecular flexibility index (Phi) is 2.33. The number of nitrogens with zero attached hydrogens (tertiary/aromatic N) is 3. The average molecular weight is 242 g/mol. The van der Waals surface area contributed by atoms with Crippen LogP contribution in [0.1, 0.15) is 16.1 Å². The number of aromatic nitrogens is 3. The van der Waals surface area contributed by atoms with Crippen molar-refractivity contribution in [2.24, 2.45) is 0 Å². The third-order valence-corrected chi connectivity index (χ3v) is 2.64. The molecule has 0 aliphatic heterocycles. The first kappa shape index (κ1) is 10.5. The molecule has 0 unspecified atom stereocenters. The van der Waals surface area contributed by atoms with Crippen LogP contribution in [0.3, 0.4) is 0 Å². The van der Waals surface area contributed by atoms with Gasteiger partial charge in [-0.2, -0.15) is 0 Å². The first-order chi connectivity index (χ1) is 8.75. The lowest BCUT2D eigenvalue weighted by Gasteiger charge is -2.01. The van der Waals surface area contributed by atoms with Crippen molar-refractivity contribution in [3.05, 3.63) is 48.0 Å². The van der Waals surface area contributed by atoms with Crippen LogP contribution in [0.15, 0.2) is 41.1 Å². The lowest BCUT2D eigenvalue weighted by Crippen LogP contribution is -2.14. The maximum Gasteiger partial charge on any atom is 0.261 e. The number of furan rings is 1.